The van der Waals surface area contributed by atoms with Crippen molar-refractivity contribution in [1.82, 2.24) is 14.9 Å². The number of oxazole rings is 1. The van der Waals surface area contributed by atoms with Gasteiger partial charge in [-0.25, -0.2) is 9.78 Å². The number of ether oxygens (including phenoxy) is 1. The van der Waals surface area contributed by atoms with E-state index in [0.717, 1.165) is 11.1 Å². The van der Waals surface area contributed by atoms with Gasteiger partial charge in [-0.05, 0) is 35.7 Å². The third kappa shape index (κ3) is 3.21. The Morgan fingerprint density at radius 1 is 1.30 bits per heavy atom. The molecular weight excluding hydrogens is 348 g/mol. The highest BCUT2D eigenvalue weighted by molar-refractivity contribution is 6.06. The molecule has 1 N–H and O–H groups in total. The van der Waals surface area contributed by atoms with Crippen LogP contribution < -0.4 is 5.32 Å². The first-order valence-corrected chi connectivity index (χ1v) is 8.52. The average Bonchev–Trinajstić information content (AvgIpc) is 3.05. The van der Waals surface area contributed by atoms with Crippen LogP contribution in [0.3, 0.4) is 0 Å². The molecule has 27 heavy (non-hydrogen) atoms. The van der Waals surface area contributed by atoms with E-state index >= 15 is 0 Å². The van der Waals surface area contributed by atoms with Crippen LogP contribution >= 0.6 is 0 Å². The molecule has 0 bridgehead atoms. The molecule has 0 radical (unpaired) electrons. The number of aryl methyl sites for hydroxylation is 1. The smallest absolute Gasteiger partial charge is 0.409 e. The maximum atomic E-state index is 12.8. The van der Waals surface area contributed by atoms with Crippen molar-refractivity contribution >= 4 is 28.8 Å². The summed E-state index contributed by atoms with van der Waals surface area (Å²) in [5, 5.41) is 2.89. The molecule has 2 aromatic heterocycles. The molecule has 0 saturated heterocycles. The van der Waals surface area contributed by atoms with Crippen LogP contribution in [0.15, 0.2) is 35.0 Å². The van der Waals surface area contributed by atoms with E-state index in [2.05, 4.69) is 15.3 Å². The molecule has 0 aliphatic carbocycles. The predicted molar refractivity (Wildman–Crippen MR) is 97.5 cm³/mol. The van der Waals surface area contributed by atoms with Crippen molar-refractivity contribution in [2.75, 3.05) is 19.0 Å². The number of aromatic nitrogens is 2. The quantitative estimate of drug-likeness (QED) is 0.749. The second-order valence-electron chi connectivity index (χ2n) is 6.34. The molecule has 1 aliphatic heterocycles. The molecule has 3 aromatic rings. The van der Waals surface area contributed by atoms with Gasteiger partial charge in [0.15, 0.2) is 11.5 Å². The van der Waals surface area contributed by atoms with Crippen LogP contribution in [0.1, 0.15) is 27.4 Å². The molecule has 1 aromatic carbocycles. The zero-order valence-corrected chi connectivity index (χ0v) is 15.0. The SMILES string of the molecule is COC(=O)N1CCc2c(cncc2C(=O)Nc2ccc3oc(C)nc3c2)C1. The number of hydrogen-bond donors (Lipinski definition) is 1. The lowest BCUT2D eigenvalue weighted by molar-refractivity contribution is 0.102. The van der Waals surface area contributed by atoms with Gasteiger partial charge in [-0.15, -0.1) is 0 Å². The van der Waals surface area contributed by atoms with Gasteiger partial charge in [-0.2, -0.15) is 0 Å². The summed E-state index contributed by atoms with van der Waals surface area (Å²) in [5.41, 5.74) is 4.25. The van der Waals surface area contributed by atoms with Crippen molar-refractivity contribution < 1.29 is 18.7 Å². The first kappa shape index (κ1) is 17.0. The molecule has 138 valence electrons. The van der Waals surface area contributed by atoms with Crippen molar-refractivity contribution in [2.45, 2.75) is 19.9 Å². The Morgan fingerprint density at radius 2 is 2.15 bits per heavy atom. The number of amides is 2. The number of methoxy groups -OCH3 is 1. The molecule has 8 heteroatoms. The summed E-state index contributed by atoms with van der Waals surface area (Å²) in [6.45, 7) is 2.65. The van der Waals surface area contributed by atoms with Gasteiger partial charge in [0.1, 0.15) is 5.52 Å². The van der Waals surface area contributed by atoms with Crippen LogP contribution in [-0.2, 0) is 17.7 Å². The van der Waals surface area contributed by atoms with Gasteiger partial charge in [-0.1, -0.05) is 0 Å². The minimum Gasteiger partial charge on any atom is -0.453 e. The number of fused-ring (bicyclic) bond motifs is 2. The Labute approximate surface area is 155 Å². The molecule has 0 saturated carbocycles. The van der Waals surface area contributed by atoms with E-state index in [1.807, 2.05) is 0 Å². The monoisotopic (exact) mass is 366 g/mol. The number of rotatable bonds is 2. The van der Waals surface area contributed by atoms with Crippen LogP contribution in [0.4, 0.5) is 10.5 Å². The average molecular weight is 366 g/mol. The maximum absolute atomic E-state index is 12.8. The van der Waals surface area contributed by atoms with E-state index < -0.39 is 0 Å². The van der Waals surface area contributed by atoms with Crippen LogP contribution in [0.25, 0.3) is 11.1 Å². The number of hydrogen-bond acceptors (Lipinski definition) is 6. The highest BCUT2D eigenvalue weighted by Crippen LogP contribution is 2.24. The van der Waals surface area contributed by atoms with E-state index in [4.69, 9.17) is 9.15 Å². The normalized spacial score (nSPS) is 13.3. The Hall–Kier alpha value is -3.42. The van der Waals surface area contributed by atoms with Crippen molar-refractivity contribution in [2.24, 2.45) is 0 Å². The highest BCUT2D eigenvalue weighted by atomic mass is 16.5. The summed E-state index contributed by atoms with van der Waals surface area (Å²) in [6, 6.07) is 5.32. The van der Waals surface area contributed by atoms with E-state index in [1.165, 1.54) is 7.11 Å². The van der Waals surface area contributed by atoms with Gasteiger partial charge in [0.05, 0.1) is 19.2 Å². The Morgan fingerprint density at radius 3 is 2.96 bits per heavy atom. The molecule has 1 aliphatic rings. The number of carbonyl (C=O) groups excluding carboxylic acids is 2. The highest BCUT2D eigenvalue weighted by Gasteiger charge is 2.25. The summed E-state index contributed by atoms with van der Waals surface area (Å²) >= 11 is 0. The van der Waals surface area contributed by atoms with E-state index in [1.54, 1.807) is 42.4 Å². The summed E-state index contributed by atoms with van der Waals surface area (Å²) in [5.74, 6) is 0.329. The van der Waals surface area contributed by atoms with Gasteiger partial charge in [0.2, 0.25) is 0 Å². The molecule has 0 atom stereocenters. The standard InChI is InChI=1S/C19H18N4O4/c1-11-21-16-7-13(3-4-17(16)27-11)22-18(24)15-9-20-8-12-10-23(19(25)26-2)6-5-14(12)15/h3-4,7-9H,5-6,10H2,1-2H3,(H,22,24). The van der Waals surface area contributed by atoms with Crippen LogP contribution in [0.2, 0.25) is 0 Å². The molecule has 0 fully saturated rings. The van der Waals surface area contributed by atoms with Gasteiger partial charge in [-0.3, -0.25) is 9.78 Å². The van der Waals surface area contributed by atoms with Crippen molar-refractivity contribution in [3.05, 3.63) is 53.2 Å². The number of anilines is 1. The molecule has 0 spiro atoms. The zero-order chi connectivity index (χ0) is 19.0. The first-order valence-electron chi connectivity index (χ1n) is 8.52. The lowest BCUT2D eigenvalue weighted by Gasteiger charge is -2.28. The molecule has 0 unspecified atom stereocenters. The molecule has 8 nitrogen and oxygen atoms in total. The third-order valence-corrected chi connectivity index (χ3v) is 4.57. The molecule has 2 amide bonds. The lowest BCUT2D eigenvalue weighted by Crippen LogP contribution is -2.36. The fraction of sp³-hybridized carbons (Fsp3) is 0.263. The minimum atomic E-state index is -0.383. The number of benzene rings is 1. The zero-order valence-electron chi connectivity index (χ0n) is 15.0. The first-order chi connectivity index (χ1) is 13.0. The lowest BCUT2D eigenvalue weighted by atomic mass is 9.97. The van der Waals surface area contributed by atoms with Crippen molar-refractivity contribution in [3.8, 4) is 0 Å². The summed E-state index contributed by atoms with van der Waals surface area (Å²) in [7, 11) is 1.35. The number of nitrogens with one attached hydrogen (secondary N) is 1. The van der Waals surface area contributed by atoms with Gasteiger partial charge >= 0.3 is 6.09 Å². The molecule has 3 heterocycles. The fourth-order valence-electron chi connectivity index (χ4n) is 3.29. The van der Waals surface area contributed by atoms with E-state index in [-0.39, 0.29) is 12.0 Å². The van der Waals surface area contributed by atoms with Gasteiger partial charge in [0, 0.05) is 31.5 Å². The number of nitrogens with zero attached hydrogens (tertiary/aromatic N) is 3. The number of pyridine rings is 1. The third-order valence-electron chi connectivity index (χ3n) is 4.57. The van der Waals surface area contributed by atoms with Crippen molar-refractivity contribution in [3.63, 3.8) is 0 Å². The second kappa shape index (κ2) is 6.71. The predicted octanol–water partition coefficient (Wildman–Crippen LogP) is 2.91. The minimum absolute atomic E-state index is 0.245. The summed E-state index contributed by atoms with van der Waals surface area (Å²) in [6.07, 6.45) is 3.43. The van der Waals surface area contributed by atoms with Gasteiger partial charge < -0.3 is 19.4 Å². The topological polar surface area (TPSA) is 97.6 Å². The Kier molecular flexibility index (Phi) is 4.23. The maximum Gasteiger partial charge on any atom is 0.409 e. The molecular formula is C19H18N4O4. The Bertz CT molecular complexity index is 1040. The second-order valence-corrected chi connectivity index (χ2v) is 6.34. The molecule has 4 rings (SSSR count). The van der Waals surface area contributed by atoms with Crippen LogP contribution in [0, 0.1) is 6.92 Å². The van der Waals surface area contributed by atoms with Crippen molar-refractivity contribution in [1.29, 1.82) is 0 Å². The number of carbonyl (C=O) groups is 2. The summed E-state index contributed by atoms with van der Waals surface area (Å²) < 4.78 is 10.2. The fourth-order valence-corrected chi connectivity index (χ4v) is 3.29. The van der Waals surface area contributed by atoms with Gasteiger partial charge in [0.25, 0.3) is 5.91 Å². The van der Waals surface area contributed by atoms with E-state index in [0.29, 0.717) is 47.8 Å². The van der Waals surface area contributed by atoms with Crippen LogP contribution in [0.5, 0.6) is 0 Å². The van der Waals surface area contributed by atoms with E-state index in [9.17, 15) is 9.59 Å². The summed E-state index contributed by atoms with van der Waals surface area (Å²) in [4.78, 5) is 34.6. The van der Waals surface area contributed by atoms with Crippen LogP contribution in [-0.4, -0.2) is 40.5 Å². The Balaban J connectivity index is 1.58. The largest absolute Gasteiger partial charge is 0.453 e.